The SMILES string of the molecule is CC1C(O[C@@H]2O[C@H](C)[C@@H](O)[C@H](N)[C@@H]2O)C=CC=CC=CC=CC=CC=CC=CC=C[C@H](C)[C@@H](O)[C@@H](C)[C@@H](C)OC(=O)C[C@H](O)C[C@H](O)CC[C@H](O)[C@H](O)C[C@H](O)C[C@]2(O)C[C@H](O)C(CO)C1O2. The number of carbonyl (C=O) groups excluding carboxylic acids is 1. The number of hydrogen-bond donors (Lipinski definition) is 12. The second-order valence-corrected chi connectivity index (χ2v) is 18.4. The van der Waals surface area contributed by atoms with Crippen LogP contribution in [-0.4, -0.2) is 166 Å². The third kappa shape index (κ3) is 19.2. The van der Waals surface area contributed by atoms with Crippen molar-refractivity contribution in [3.05, 3.63) is 97.2 Å². The van der Waals surface area contributed by atoms with E-state index >= 15 is 0 Å². The second kappa shape index (κ2) is 29.1. The Bertz CT molecular complexity index is 1700. The van der Waals surface area contributed by atoms with Gasteiger partial charge in [-0.2, -0.15) is 0 Å². The molecule has 0 spiro atoms. The van der Waals surface area contributed by atoms with E-state index in [9.17, 15) is 61.0 Å². The van der Waals surface area contributed by atoms with Crippen LogP contribution < -0.4 is 5.73 Å². The number of cyclic esters (lactones) is 1. The lowest BCUT2D eigenvalue weighted by Gasteiger charge is -2.48. The van der Waals surface area contributed by atoms with Gasteiger partial charge in [0.1, 0.15) is 12.2 Å². The molecule has 2 saturated heterocycles. The highest BCUT2D eigenvalue weighted by atomic mass is 16.7. The van der Waals surface area contributed by atoms with Gasteiger partial charge in [0.2, 0.25) is 0 Å². The largest absolute Gasteiger partial charge is 0.462 e. The molecule has 0 aliphatic carbocycles. The molecule has 3 aliphatic rings. The minimum Gasteiger partial charge on any atom is -0.462 e. The van der Waals surface area contributed by atoms with Crippen LogP contribution in [0, 0.1) is 23.7 Å². The molecular formula is C50H79NO16. The number of aliphatic hydroxyl groups is 11. The van der Waals surface area contributed by atoms with Crippen LogP contribution in [0.3, 0.4) is 0 Å². The van der Waals surface area contributed by atoms with Gasteiger partial charge >= 0.3 is 5.97 Å². The summed E-state index contributed by atoms with van der Waals surface area (Å²) in [5.41, 5.74) is 6.08. The summed E-state index contributed by atoms with van der Waals surface area (Å²) in [6, 6.07) is -1.10. The quantitative estimate of drug-likeness (QED) is 0.178. The first-order valence-electron chi connectivity index (χ1n) is 23.4. The molecule has 0 aromatic rings. The first-order chi connectivity index (χ1) is 31.7. The monoisotopic (exact) mass is 950 g/mol. The van der Waals surface area contributed by atoms with Crippen molar-refractivity contribution in [3.63, 3.8) is 0 Å². The average Bonchev–Trinajstić information content (AvgIpc) is 3.26. The number of esters is 1. The number of aliphatic hydroxyl groups excluding tert-OH is 10. The van der Waals surface area contributed by atoms with E-state index in [2.05, 4.69) is 0 Å². The number of ether oxygens (including phenoxy) is 4. The van der Waals surface area contributed by atoms with Crippen LogP contribution in [0.25, 0.3) is 0 Å². The molecule has 0 radical (unpaired) electrons. The zero-order chi connectivity index (χ0) is 49.8. The van der Waals surface area contributed by atoms with Crippen molar-refractivity contribution in [2.75, 3.05) is 6.61 Å². The third-order valence-corrected chi connectivity index (χ3v) is 12.8. The molecular weight excluding hydrogens is 871 g/mol. The molecule has 2 fully saturated rings. The van der Waals surface area contributed by atoms with E-state index in [1.807, 2.05) is 73.8 Å². The Morgan fingerprint density at radius 1 is 0.627 bits per heavy atom. The van der Waals surface area contributed by atoms with Crippen LogP contribution in [-0.2, 0) is 23.7 Å². The van der Waals surface area contributed by atoms with Crippen LogP contribution >= 0.6 is 0 Å². The zero-order valence-corrected chi connectivity index (χ0v) is 39.4. The Kier molecular flexibility index (Phi) is 25.2. The van der Waals surface area contributed by atoms with Crippen molar-refractivity contribution in [2.45, 2.75) is 177 Å². The first kappa shape index (κ1) is 58.1. The van der Waals surface area contributed by atoms with Crippen LogP contribution in [0.2, 0.25) is 0 Å². The van der Waals surface area contributed by atoms with E-state index < -0.39 is 153 Å². The molecule has 3 heterocycles. The standard InChI is InChI=1S/C50H79NO16/c1-30-20-18-16-14-12-10-8-6-7-9-11-13-15-17-19-21-42(66-49-47(62)44(51)46(61)34(5)65-49)32(3)48-38(29-52)41(58)28-50(63,67-48)27-37(55)25-40(57)39(56)23-22-35(53)24-36(54)26-43(59)64-33(4)31(2)45(30)60/h6-21,30-42,44-49,52-58,60-63H,22-29,51H2,1-5H3/t30-,31-,32?,33+,34+,35+,36+,37-,38?,39-,40+,41-,42?,44-,45+,46+,47-,48?,49-,50+/m0/s1. The Labute approximate surface area is 395 Å². The van der Waals surface area contributed by atoms with Gasteiger partial charge in [-0.05, 0) is 33.1 Å². The maximum Gasteiger partial charge on any atom is 0.308 e. The molecule has 17 nitrogen and oxygen atoms in total. The van der Waals surface area contributed by atoms with Crippen LogP contribution in [0.4, 0.5) is 0 Å². The number of allylic oxidation sites excluding steroid dienone is 14. The number of carbonyl (C=O) groups is 1. The van der Waals surface area contributed by atoms with Gasteiger partial charge in [-0.15, -0.1) is 0 Å². The molecule has 3 rings (SSSR count). The van der Waals surface area contributed by atoms with Crippen molar-refractivity contribution in [1.29, 1.82) is 0 Å². The van der Waals surface area contributed by atoms with Crippen LogP contribution in [0.5, 0.6) is 0 Å². The molecule has 0 saturated carbocycles. The molecule has 0 amide bonds. The van der Waals surface area contributed by atoms with Crippen LogP contribution in [0.15, 0.2) is 97.2 Å². The molecule has 0 aromatic carbocycles. The fraction of sp³-hybridized carbons (Fsp3) is 0.660. The molecule has 20 atom stereocenters. The molecule has 17 heteroatoms. The highest BCUT2D eigenvalue weighted by molar-refractivity contribution is 5.70. The summed E-state index contributed by atoms with van der Waals surface area (Å²) in [7, 11) is 0. The van der Waals surface area contributed by atoms with Gasteiger partial charge in [-0.3, -0.25) is 4.79 Å². The lowest BCUT2D eigenvalue weighted by molar-refractivity contribution is -0.323. The predicted octanol–water partition coefficient (Wildman–Crippen LogP) is 1.42. The molecule has 0 aromatic heterocycles. The molecule has 380 valence electrons. The van der Waals surface area contributed by atoms with Gasteiger partial charge in [0, 0.05) is 42.9 Å². The minimum absolute atomic E-state index is 0.0782. The zero-order valence-electron chi connectivity index (χ0n) is 39.4. The number of nitrogens with two attached hydrogens (primary N) is 1. The Morgan fingerprint density at radius 2 is 1.18 bits per heavy atom. The third-order valence-electron chi connectivity index (χ3n) is 12.8. The van der Waals surface area contributed by atoms with Crippen molar-refractivity contribution >= 4 is 5.97 Å². The number of fused-ring (bicyclic) bond motifs is 2. The predicted molar refractivity (Wildman–Crippen MR) is 250 cm³/mol. The van der Waals surface area contributed by atoms with Gasteiger partial charge in [-0.25, -0.2) is 0 Å². The Balaban J connectivity index is 1.85. The van der Waals surface area contributed by atoms with Gasteiger partial charge in [0.15, 0.2) is 12.1 Å². The smallest absolute Gasteiger partial charge is 0.308 e. The fourth-order valence-electron chi connectivity index (χ4n) is 8.37. The summed E-state index contributed by atoms with van der Waals surface area (Å²) in [6.45, 7) is 7.96. The van der Waals surface area contributed by atoms with Gasteiger partial charge in [0.25, 0.3) is 0 Å². The summed E-state index contributed by atoms with van der Waals surface area (Å²) in [5.74, 6) is -5.32. The van der Waals surface area contributed by atoms with Crippen molar-refractivity contribution < 1.29 is 79.9 Å². The highest BCUT2D eigenvalue weighted by Gasteiger charge is 2.50. The average molecular weight is 950 g/mol. The highest BCUT2D eigenvalue weighted by Crippen LogP contribution is 2.40. The summed E-state index contributed by atoms with van der Waals surface area (Å²) in [4.78, 5) is 12.7. The van der Waals surface area contributed by atoms with Crippen molar-refractivity contribution in [1.82, 2.24) is 0 Å². The lowest BCUT2D eigenvalue weighted by atomic mass is 9.79. The summed E-state index contributed by atoms with van der Waals surface area (Å²) in [5, 5.41) is 119. The normalized spacial score (nSPS) is 42.5. The number of rotatable bonds is 3. The molecule has 67 heavy (non-hydrogen) atoms. The summed E-state index contributed by atoms with van der Waals surface area (Å²) in [6.07, 6.45) is 9.98. The van der Waals surface area contributed by atoms with Gasteiger partial charge in [-0.1, -0.05) is 118 Å². The molecule has 4 unspecified atom stereocenters. The van der Waals surface area contributed by atoms with Crippen molar-refractivity contribution in [3.8, 4) is 0 Å². The second-order valence-electron chi connectivity index (χ2n) is 18.4. The van der Waals surface area contributed by atoms with Gasteiger partial charge in [0.05, 0.1) is 86.2 Å². The van der Waals surface area contributed by atoms with Crippen LogP contribution in [0.1, 0.15) is 79.6 Å². The topological polar surface area (TPSA) is 303 Å². The summed E-state index contributed by atoms with van der Waals surface area (Å²) >= 11 is 0. The van der Waals surface area contributed by atoms with E-state index in [0.717, 1.165) is 0 Å². The minimum atomic E-state index is -2.18. The van der Waals surface area contributed by atoms with E-state index in [0.29, 0.717) is 0 Å². The van der Waals surface area contributed by atoms with Crippen molar-refractivity contribution in [2.24, 2.45) is 29.4 Å². The molecule has 3 aliphatic heterocycles. The van der Waals surface area contributed by atoms with Gasteiger partial charge < -0.3 is 80.9 Å². The maximum absolute atomic E-state index is 12.7. The first-order valence-corrected chi connectivity index (χ1v) is 23.4. The fourth-order valence-corrected chi connectivity index (χ4v) is 8.37. The molecule has 2 bridgehead atoms. The van der Waals surface area contributed by atoms with E-state index in [4.69, 9.17) is 24.7 Å². The number of hydrogen-bond acceptors (Lipinski definition) is 17. The maximum atomic E-state index is 12.7. The lowest BCUT2D eigenvalue weighted by Crippen LogP contribution is -2.62. The summed E-state index contributed by atoms with van der Waals surface area (Å²) < 4.78 is 23.7. The molecule has 13 N–H and O–H groups in total. The van der Waals surface area contributed by atoms with E-state index in [1.165, 1.54) is 0 Å². The Hall–Kier alpha value is -3.21. The van der Waals surface area contributed by atoms with E-state index in [1.54, 1.807) is 58.1 Å². The van der Waals surface area contributed by atoms with E-state index in [-0.39, 0.29) is 25.2 Å². The Morgan fingerprint density at radius 3 is 1.75 bits per heavy atom.